The Morgan fingerprint density at radius 3 is 2.54 bits per heavy atom. The standard InChI is InChI=1S/C42H52N6O6/c1-24-14-34(48(20-24)40(50)54-42(6,7)8)38-43-18-33(45-38)27-10-12-29-28(15-27)23-52-35-17-30-26(16-31(29)35)11-13-32-37(30)46-36(44-32)21-47(19-25(2)22-51-9)39(49)53-41(3,4)5/h10-13,15-18,24-25,34H,14,19-23H2,1-9H3,(H,43,45)(H,44,46)/t24-,25-,34-/m0/s1. The molecule has 2 aliphatic rings. The predicted molar refractivity (Wildman–Crippen MR) is 208 cm³/mol. The Labute approximate surface area is 316 Å². The third kappa shape index (κ3) is 7.89. The summed E-state index contributed by atoms with van der Waals surface area (Å²) in [6.45, 7) is 17.8. The maximum atomic E-state index is 13.2. The van der Waals surface area contributed by atoms with Crippen molar-refractivity contribution in [2.45, 2.75) is 92.2 Å². The number of amides is 2. The van der Waals surface area contributed by atoms with Crippen LogP contribution in [0.4, 0.5) is 9.59 Å². The Bertz CT molecular complexity index is 2190. The van der Waals surface area contributed by atoms with Crippen LogP contribution in [-0.2, 0) is 27.4 Å². The van der Waals surface area contributed by atoms with Crippen molar-refractivity contribution in [2.24, 2.45) is 11.8 Å². The van der Waals surface area contributed by atoms with E-state index in [2.05, 4.69) is 53.3 Å². The number of benzene rings is 3. The lowest BCUT2D eigenvalue weighted by Crippen LogP contribution is -2.39. The van der Waals surface area contributed by atoms with E-state index in [1.165, 1.54) is 0 Å². The molecule has 12 heteroatoms. The minimum atomic E-state index is -0.618. The van der Waals surface area contributed by atoms with E-state index < -0.39 is 11.2 Å². The minimum Gasteiger partial charge on any atom is -0.488 e. The third-order valence-corrected chi connectivity index (χ3v) is 9.73. The summed E-state index contributed by atoms with van der Waals surface area (Å²) >= 11 is 0. The summed E-state index contributed by atoms with van der Waals surface area (Å²) in [5.74, 6) is 2.69. The van der Waals surface area contributed by atoms with Crippen molar-refractivity contribution in [1.29, 1.82) is 0 Å². The summed E-state index contributed by atoms with van der Waals surface area (Å²) in [7, 11) is 1.66. The van der Waals surface area contributed by atoms with Gasteiger partial charge in [0.15, 0.2) is 0 Å². The first-order chi connectivity index (χ1) is 25.5. The van der Waals surface area contributed by atoms with Crippen LogP contribution in [0.15, 0.2) is 48.7 Å². The molecule has 3 atom stereocenters. The highest BCUT2D eigenvalue weighted by molar-refractivity contribution is 6.07. The number of carbonyl (C=O) groups is 2. The van der Waals surface area contributed by atoms with Crippen LogP contribution in [0.25, 0.3) is 44.2 Å². The van der Waals surface area contributed by atoms with Crippen molar-refractivity contribution >= 4 is 34.0 Å². The number of aromatic nitrogens is 4. The lowest BCUT2D eigenvalue weighted by molar-refractivity contribution is 0.0170. The molecule has 0 saturated carbocycles. The molecule has 286 valence electrons. The van der Waals surface area contributed by atoms with Gasteiger partial charge in [0, 0.05) is 31.1 Å². The van der Waals surface area contributed by atoms with Gasteiger partial charge in [-0.05, 0) is 106 Å². The highest BCUT2D eigenvalue weighted by atomic mass is 16.6. The van der Waals surface area contributed by atoms with E-state index in [4.69, 9.17) is 28.9 Å². The van der Waals surface area contributed by atoms with Crippen LogP contribution in [0.2, 0.25) is 0 Å². The minimum absolute atomic E-state index is 0.116. The van der Waals surface area contributed by atoms with Gasteiger partial charge in [-0.3, -0.25) is 4.90 Å². The number of fused-ring (bicyclic) bond motifs is 6. The number of methoxy groups -OCH3 is 1. The van der Waals surface area contributed by atoms with Gasteiger partial charge in [0.2, 0.25) is 0 Å². The number of aromatic amines is 2. The van der Waals surface area contributed by atoms with E-state index in [0.717, 1.165) is 67.7 Å². The molecule has 5 aromatic rings. The van der Waals surface area contributed by atoms with E-state index in [1.54, 1.807) is 16.9 Å². The smallest absolute Gasteiger partial charge is 0.410 e. The molecule has 0 unspecified atom stereocenters. The topological polar surface area (TPSA) is 135 Å². The zero-order chi connectivity index (χ0) is 38.5. The first-order valence-corrected chi connectivity index (χ1v) is 18.8. The van der Waals surface area contributed by atoms with Gasteiger partial charge >= 0.3 is 12.2 Å². The van der Waals surface area contributed by atoms with Gasteiger partial charge in [-0.15, -0.1) is 0 Å². The van der Waals surface area contributed by atoms with Crippen molar-refractivity contribution in [3.63, 3.8) is 0 Å². The average molecular weight is 737 g/mol. The number of nitrogens with one attached hydrogen (secondary N) is 2. The molecule has 12 nitrogen and oxygen atoms in total. The number of hydrogen-bond acceptors (Lipinski definition) is 8. The van der Waals surface area contributed by atoms with Crippen LogP contribution in [0.5, 0.6) is 5.75 Å². The summed E-state index contributed by atoms with van der Waals surface area (Å²) in [6.07, 6.45) is 1.96. The van der Waals surface area contributed by atoms with Gasteiger partial charge in [0.1, 0.15) is 35.2 Å². The van der Waals surface area contributed by atoms with Gasteiger partial charge in [-0.25, -0.2) is 19.6 Å². The van der Waals surface area contributed by atoms with E-state index in [0.29, 0.717) is 38.0 Å². The Morgan fingerprint density at radius 1 is 1.02 bits per heavy atom. The molecule has 0 aliphatic carbocycles. The number of ether oxygens (including phenoxy) is 4. The van der Waals surface area contributed by atoms with Gasteiger partial charge in [0.05, 0.1) is 42.1 Å². The molecule has 1 saturated heterocycles. The SMILES string of the molecule is COC[C@@H](C)CN(Cc1nc2c(ccc3cc4c(cc32)OCc2cc(-c3cnc([C@@H]5C[C@H](C)CN5C(=O)OC(C)(C)C)[nH]3)ccc2-4)[nH]1)C(=O)OC(C)(C)C. The van der Waals surface area contributed by atoms with Crippen LogP contribution < -0.4 is 4.74 Å². The summed E-state index contributed by atoms with van der Waals surface area (Å²) in [5.41, 5.74) is 5.61. The van der Waals surface area contributed by atoms with Crippen LogP contribution in [0.3, 0.4) is 0 Å². The molecule has 1 fully saturated rings. The summed E-state index contributed by atoms with van der Waals surface area (Å²) in [5, 5.41) is 2.01. The molecule has 2 amide bonds. The lowest BCUT2D eigenvalue weighted by atomic mass is 9.92. The van der Waals surface area contributed by atoms with Gasteiger partial charge in [-0.1, -0.05) is 32.0 Å². The van der Waals surface area contributed by atoms with Crippen LogP contribution >= 0.6 is 0 Å². The summed E-state index contributed by atoms with van der Waals surface area (Å²) in [4.78, 5) is 46.4. The number of hydrogen-bond donors (Lipinski definition) is 2. The highest BCUT2D eigenvalue weighted by Crippen LogP contribution is 2.43. The van der Waals surface area contributed by atoms with Gasteiger partial charge in [-0.2, -0.15) is 0 Å². The zero-order valence-electron chi connectivity index (χ0n) is 32.8. The van der Waals surface area contributed by atoms with Crippen molar-refractivity contribution in [1.82, 2.24) is 29.7 Å². The van der Waals surface area contributed by atoms with Crippen LogP contribution in [0.1, 0.15) is 85.1 Å². The molecule has 0 bridgehead atoms. The molecule has 0 spiro atoms. The van der Waals surface area contributed by atoms with Crippen molar-refractivity contribution in [3.8, 4) is 28.1 Å². The molecule has 54 heavy (non-hydrogen) atoms. The molecule has 2 aromatic heterocycles. The first-order valence-electron chi connectivity index (χ1n) is 18.8. The maximum absolute atomic E-state index is 13.2. The lowest BCUT2D eigenvalue weighted by Gasteiger charge is -2.28. The molecule has 2 N–H and O–H groups in total. The number of carbonyl (C=O) groups excluding carboxylic acids is 2. The second-order valence-corrected chi connectivity index (χ2v) is 17.0. The van der Waals surface area contributed by atoms with Crippen molar-refractivity contribution in [2.75, 3.05) is 26.8 Å². The number of likely N-dealkylation sites (tertiary alicyclic amines) is 1. The molecular weight excluding hydrogens is 684 g/mol. The number of imidazole rings is 2. The fraction of sp³-hybridized carbons (Fsp3) is 0.476. The fourth-order valence-electron chi connectivity index (χ4n) is 7.48. The summed E-state index contributed by atoms with van der Waals surface area (Å²) < 4.78 is 23.2. The Kier molecular flexibility index (Phi) is 9.84. The second-order valence-electron chi connectivity index (χ2n) is 17.0. The average Bonchev–Trinajstić information content (AvgIpc) is 3.84. The first kappa shape index (κ1) is 37.2. The molecule has 3 aromatic carbocycles. The fourth-order valence-corrected chi connectivity index (χ4v) is 7.48. The predicted octanol–water partition coefficient (Wildman–Crippen LogP) is 9.00. The Hall–Kier alpha value is -5.10. The highest BCUT2D eigenvalue weighted by Gasteiger charge is 2.38. The molecule has 2 aliphatic heterocycles. The third-order valence-electron chi connectivity index (χ3n) is 9.73. The second kappa shape index (κ2) is 14.3. The number of rotatable bonds is 8. The zero-order valence-corrected chi connectivity index (χ0v) is 32.8. The normalized spacial score (nSPS) is 17.6. The van der Waals surface area contributed by atoms with Crippen molar-refractivity contribution in [3.05, 3.63) is 65.9 Å². The number of nitrogens with zero attached hydrogens (tertiary/aromatic N) is 4. The monoisotopic (exact) mass is 736 g/mol. The largest absolute Gasteiger partial charge is 0.488 e. The molecular formula is C42H52N6O6. The molecule has 0 radical (unpaired) electrons. The molecule has 7 rings (SSSR count). The van der Waals surface area contributed by atoms with Gasteiger partial charge in [0.25, 0.3) is 0 Å². The van der Waals surface area contributed by atoms with E-state index in [-0.39, 0.29) is 30.7 Å². The van der Waals surface area contributed by atoms with Crippen LogP contribution in [-0.4, -0.2) is 79.9 Å². The maximum Gasteiger partial charge on any atom is 0.410 e. The summed E-state index contributed by atoms with van der Waals surface area (Å²) in [6, 6.07) is 14.6. The Morgan fingerprint density at radius 2 is 1.80 bits per heavy atom. The van der Waals surface area contributed by atoms with Gasteiger partial charge < -0.3 is 33.8 Å². The quantitative estimate of drug-likeness (QED) is 0.161. The van der Waals surface area contributed by atoms with E-state index in [9.17, 15) is 9.59 Å². The van der Waals surface area contributed by atoms with E-state index >= 15 is 0 Å². The van der Waals surface area contributed by atoms with Crippen molar-refractivity contribution < 1.29 is 28.5 Å². The Balaban J connectivity index is 1.13. The van der Waals surface area contributed by atoms with E-state index in [1.807, 2.05) is 60.7 Å². The molecule has 4 heterocycles. The number of H-pyrrole nitrogens is 2. The van der Waals surface area contributed by atoms with Crippen LogP contribution in [0, 0.1) is 11.8 Å².